The molecule has 3 atom stereocenters. The van der Waals surface area contributed by atoms with Gasteiger partial charge in [-0.1, -0.05) is 0 Å². The zero-order chi connectivity index (χ0) is 13.2. The summed E-state index contributed by atoms with van der Waals surface area (Å²) < 4.78 is 23.0. The van der Waals surface area contributed by atoms with Gasteiger partial charge in [-0.15, -0.1) is 0 Å². The molecule has 2 fully saturated rings. The van der Waals surface area contributed by atoms with Crippen LogP contribution in [0.2, 0.25) is 0 Å². The Hall–Kier alpha value is -0.760. The van der Waals surface area contributed by atoms with Crippen LogP contribution in [0.3, 0.4) is 0 Å². The molecule has 0 bridgehead atoms. The van der Waals surface area contributed by atoms with Gasteiger partial charge >= 0.3 is 5.97 Å². The van der Waals surface area contributed by atoms with Crippen LogP contribution in [0.1, 0.15) is 13.8 Å². The summed E-state index contributed by atoms with van der Waals surface area (Å²) in [5.41, 5.74) is 0. The van der Waals surface area contributed by atoms with Gasteiger partial charge in [0, 0.05) is 5.75 Å². The molecule has 96 valence electrons. The van der Waals surface area contributed by atoms with E-state index >= 15 is 0 Å². The van der Waals surface area contributed by atoms with Crippen LogP contribution in [0.4, 0.5) is 0 Å². The number of thiol groups is 1. The smallest absolute Gasteiger partial charge is 0.328 e. The number of carboxylic acid groups (broad SMARTS) is 1. The van der Waals surface area contributed by atoms with Crippen LogP contribution in [0.5, 0.6) is 0 Å². The van der Waals surface area contributed by atoms with E-state index in [1.165, 1.54) is 13.8 Å². The van der Waals surface area contributed by atoms with Crippen LogP contribution in [0.25, 0.3) is 0 Å². The zero-order valence-electron chi connectivity index (χ0n) is 9.32. The van der Waals surface area contributed by atoms with Gasteiger partial charge in [0.05, 0.1) is 10.7 Å². The number of hydrogen-bond acceptors (Lipinski definition) is 5. The van der Waals surface area contributed by atoms with E-state index in [0.717, 1.165) is 4.90 Å². The molecule has 0 aromatic heterocycles. The maximum Gasteiger partial charge on any atom is 0.328 e. The van der Waals surface area contributed by atoms with E-state index in [-0.39, 0.29) is 5.75 Å². The number of carboxylic acids is 1. The van der Waals surface area contributed by atoms with Crippen molar-refractivity contribution in [2.75, 3.05) is 5.75 Å². The molecule has 2 heterocycles. The number of amides is 1. The van der Waals surface area contributed by atoms with Gasteiger partial charge in [0.2, 0.25) is 5.91 Å². The van der Waals surface area contributed by atoms with E-state index in [2.05, 4.69) is 12.6 Å². The lowest BCUT2D eigenvalue weighted by atomic mass is 9.93. The van der Waals surface area contributed by atoms with E-state index < -0.39 is 43.8 Å². The Balaban J connectivity index is 2.56. The highest BCUT2D eigenvalue weighted by Gasteiger charge is 2.71. The summed E-state index contributed by atoms with van der Waals surface area (Å²) in [6.45, 7) is 2.70. The number of carbonyl (C=O) groups is 2. The molecule has 0 aromatic carbocycles. The summed E-state index contributed by atoms with van der Waals surface area (Å²) in [7, 11) is -3.68. The molecule has 2 rings (SSSR count). The molecule has 2 aliphatic heterocycles. The fourth-order valence-corrected chi connectivity index (χ4v) is 5.39. The third-order valence-corrected chi connectivity index (χ3v) is 6.88. The van der Waals surface area contributed by atoms with Crippen molar-refractivity contribution in [3.8, 4) is 0 Å². The Morgan fingerprint density at radius 3 is 2.47 bits per heavy atom. The van der Waals surface area contributed by atoms with Gasteiger partial charge in [0.1, 0.15) is 11.4 Å². The molecule has 8 heteroatoms. The van der Waals surface area contributed by atoms with Gasteiger partial charge in [-0.3, -0.25) is 4.79 Å². The molecule has 0 aromatic rings. The Kier molecular flexibility index (Phi) is 2.52. The second-order valence-corrected chi connectivity index (χ2v) is 7.80. The fraction of sp³-hybridized carbons (Fsp3) is 0.778. The molecule has 0 aliphatic carbocycles. The van der Waals surface area contributed by atoms with E-state index in [9.17, 15) is 18.0 Å². The van der Waals surface area contributed by atoms with Crippen molar-refractivity contribution in [1.29, 1.82) is 0 Å². The number of rotatable bonds is 2. The van der Waals surface area contributed by atoms with Crippen LogP contribution >= 0.6 is 12.6 Å². The van der Waals surface area contributed by atoms with Crippen molar-refractivity contribution in [2.45, 2.75) is 30.0 Å². The van der Waals surface area contributed by atoms with Gasteiger partial charge < -0.3 is 10.0 Å². The number of aliphatic carboxylic acids is 1. The van der Waals surface area contributed by atoms with Gasteiger partial charge in [0.25, 0.3) is 0 Å². The van der Waals surface area contributed by atoms with Gasteiger partial charge in [0.15, 0.2) is 9.84 Å². The van der Waals surface area contributed by atoms with Crippen molar-refractivity contribution in [2.24, 2.45) is 5.92 Å². The summed E-state index contributed by atoms with van der Waals surface area (Å²) in [6.07, 6.45) is 0. The first-order chi connectivity index (χ1) is 7.67. The van der Waals surface area contributed by atoms with E-state index in [4.69, 9.17) is 5.11 Å². The Labute approximate surface area is 104 Å². The molecule has 1 N–H and O–H groups in total. The molecular weight excluding hydrogens is 266 g/mol. The van der Waals surface area contributed by atoms with E-state index in [1.54, 1.807) is 0 Å². The predicted molar refractivity (Wildman–Crippen MR) is 62.4 cm³/mol. The highest BCUT2D eigenvalue weighted by molar-refractivity contribution is 7.94. The predicted octanol–water partition coefficient (Wildman–Crippen LogP) is -0.639. The SMILES string of the molecule is CC1(C)[C@@H](C(=O)O)N2C(=O)[C@@H](CS)[C@H]2S1(=O)=O. The van der Waals surface area contributed by atoms with Crippen LogP contribution in [0.15, 0.2) is 0 Å². The number of nitrogens with zero attached hydrogens (tertiary/aromatic N) is 1. The van der Waals surface area contributed by atoms with Crippen LogP contribution in [-0.4, -0.2) is 52.2 Å². The Morgan fingerprint density at radius 1 is 1.53 bits per heavy atom. The minimum absolute atomic E-state index is 0.113. The molecule has 0 unspecified atom stereocenters. The minimum atomic E-state index is -3.68. The molecule has 2 aliphatic rings. The Bertz CT molecular complexity index is 498. The molecule has 2 saturated heterocycles. The third kappa shape index (κ3) is 1.25. The lowest BCUT2D eigenvalue weighted by Crippen LogP contribution is -2.64. The highest BCUT2D eigenvalue weighted by atomic mass is 32.2. The lowest BCUT2D eigenvalue weighted by Gasteiger charge is -2.42. The normalized spacial score (nSPS) is 37.5. The molecule has 0 saturated carbocycles. The summed E-state index contributed by atoms with van der Waals surface area (Å²) in [4.78, 5) is 23.8. The molecular formula is C9H13NO5S2. The van der Waals surface area contributed by atoms with Crippen LogP contribution in [0, 0.1) is 5.92 Å². The highest BCUT2D eigenvalue weighted by Crippen LogP contribution is 2.48. The van der Waals surface area contributed by atoms with E-state index in [1.807, 2.05) is 0 Å². The van der Waals surface area contributed by atoms with Crippen molar-refractivity contribution >= 4 is 34.3 Å². The molecule has 17 heavy (non-hydrogen) atoms. The first-order valence-corrected chi connectivity index (χ1v) is 7.25. The largest absolute Gasteiger partial charge is 0.480 e. The third-order valence-electron chi connectivity index (χ3n) is 3.61. The average Bonchev–Trinajstić information content (AvgIpc) is 2.32. The lowest BCUT2D eigenvalue weighted by molar-refractivity contribution is -0.162. The maximum atomic E-state index is 12.2. The molecule has 0 radical (unpaired) electrons. The first kappa shape index (κ1) is 12.7. The number of hydrogen-bond donors (Lipinski definition) is 2. The molecule has 6 nitrogen and oxygen atoms in total. The second kappa shape index (κ2) is 3.38. The number of sulfone groups is 1. The molecule has 0 spiro atoms. The number of β-lactam (4-membered cyclic amide) rings is 1. The summed E-state index contributed by atoms with van der Waals surface area (Å²) in [5.74, 6) is -2.33. The van der Waals surface area contributed by atoms with Crippen molar-refractivity contribution in [1.82, 2.24) is 4.90 Å². The van der Waals surface area contributed by atoms with E-state index in [0.29, 0.717) is 0 Å². The molecule has 1 amide bonds. The van der Waals surface area contributed by atoms with Crippen molar-refractivity contribution < 1.29 is 23.1 Å². The van der Waals surface area contributed by atoms with Crippen LogP contribution < -0.4 is 0 Å². The number of fused-ring (bicyclic) bond motifs is 1. The van der Waals surface area contributed by atoms with Crippen LogP contribution in [-0.2, 0) is 19.4 Å². The summed E-state index contributed by atoms with van der Waals surface area (Å²) >= 11 is 3.94. The standard InChI is InChI=1S/C9H13NO5S2/c1-9(2)5(8(12)13)10-6(11)4(3-16)7(10)17(9,14)15/h4-5,7,16H,3H2,1-2H3,(H,12,13)/t4-,5-,7-/m1/s1. The summed E-state index contributed by atoms with van der Waals surface area (Å²) in [5, 5.41) is 8.08. The van der Waals surface area contributed by atoms with Gasteiger partial charge in [-0.25, -0.2) is 13.2 Å². The fourth-order valence-electron chi connectivity index (χ4n) is 2.58. The Morgan fingerprint density at radius 2 is 2.06 bits per heavy atom. The van der Waals surface area contributed by atoms with Crippen molar-refractivity contribution in [3.05, 3.63) is 0 Å². The van der Waals surface area contributed by atoms with Gasteiger partial charge in [-0.05, 0) is 13.8 Å². The summed E-state index contributed by atoms with van der Waals surface area (Å²) in [6, 6.07) is -1.30. The van der Waals surface area contributed by atoms with Crippen molar-refractivity contribution in [3.63, 3.8) is 0 Å². The minimum Gasteiger partial charge on any atom is -0.480 e. The number of carbonyl (C=O) groups excluding carboxylic acids is 1. The maximum absolute atomic E-state index is 12.2. The second-order valence-electron chi connectivity index (χ2n) is 4.81. The topological polar surface area (TPSA) is 91.8 Å². The van der Waals surface area contributed by atoms with Gasteiger partial charge in [-0.2, -0.15) is 12.6 Å². The monoisotopic (exact) mass is 279 g/mol. The zero-order valence-corrected chi connectivity index (χ0v) is 11.0. The first-order valence-electron chi connectivity index (χ1n) is 5.07. The quantitative estimate of drug-likeness (QED) is 0.518. The average molecular weight is 279 g/mol.